The van der Waals surface area contributed by atoms with Gasteiger partial charge in [-0.25, -0.2) is 14.4 Å². The number of furan rings is 1. The number of carbonyl (C=O) groups is 1. The first-order chi connectivity index (χ1) is 19.4. The molecule has 2 heterocycles. The molecular weight excluding hydrogens is 511 g/mol. The lowest BCUT2D eigenvalue weighted by molar-refractivity contribution is -0.141. The number of hydrogen-bond donors (Lipinski definition) is 3. The highest BCUT2D eigenvalue weighted by Gasteiger charge is 2.12. The van der Waals surface area contributed by atoms with Crippen LogP contribution in [0.2, 0.25) is 0 Å². The molecule has 0 aliphatic carbocycles. The van der Waals surface area contributed by atoms with Crippen LogP contribution in [-0.4, -0.2) is 27.6 Å². The number of aliphatic carboxylic acids is 1. The van der Waals surface area contributed by atoms with Crippen LogP contribution in [0.4, 0.5) is 15.9 Å². The van der Waals surface area contributed by atoms with Crippen molar-refractivity contribution in [2.45, 2.75) is 26.5 Å². The van der Waals surface area contributed by atoms with Crippen LogP contribution in [0.15, 0.2) is 89.6 Å². The first kappa shape index (κ1) is 26.8. The van der Waals surface area contributed by atoms with E-state index in [1.54, 1.807) is 13.0 Å². The fraction of sp³-hybridized carbons (Fsp3) is 0.194. The van der Waals surface area contributed by atoms with Gasteiger partial charge >= 0.3 is 5.97 Å². The van der Waals surface area contributed by atoms with Gasteiger partial charge in [0.1, 0.15) is 41.8 Å². The number of nitrogens with zero attached hydrogens (tertiary/aromatic N) is 2. The molecule has 204 valence electrons. The van der Waals surface area contributed by atoms with Gasteiger partial charge in [0.05, 0.1) is 18.0 Å². The van der Waals surface area contributed by atoms with Crippen LogP contribution < -0.4 is 15.4 Å². The summed E-state index contributed by atoms with van der Waals surface area (Å²) in [6.07, 6.45) is 2.07. The summed E-state index contributed by atoms with van der Waals surface area (Å²) in [5.74, 6) is 1.34. The normalized spacial score (nSPS) is 11.8. The summed E-state index contributed by atoms with van der Waals surface area (Å²) in [4.78, 5) is 19.8. The fourth-order valence-electron chi connectivity index (χ4n) is 4.16. The summed E-state index contributed by atoms with van der Waals surface area (Å²) in [5.41, 5.74) is 3.26. The topological polar surface area (TPSA) is 110 Å². The largest absolute Gasteiger partial charge is 0.489 e. The van der Waals surface area contributed by atoms with Crippen LogP contribution in [0.3, 0.4) is 0 Å². The number of aromatic nitrogens is 2. The second kappa shape index (κ2) is 12.4. The summed E-state index contributed by atoms with van der Waals surface area (Å²) in [6.45, 7) is 3.07. The molecule has 40 heavy (non-hydrogen) atoms. The Bertz CT molecular complexity index is 1600. The van der Waals surface area contributed by atoms with E-state index in [0.29, 0.717) is 36.8 Å². The molecule has 0 saturated heterocycles. The molecule has 0 aliphatic rings. The van der Waals surface area contributed by atoms with E-state index in [4.69, 9.17) is 14.3 Å². The van der Waals surface area contributed by atoms with Gasteiger partial charge < -0.3 is 24.9 Å². The van der Waals surface area contributed by atoms with Crippen LogP contribution in [0.5, 0.6) is 5.75 Å². The Kier molecular flexibility index (Phi) is 8.32. The number of fused-ring (bicyclic) bond motifs is 1. The number of rotatable bonds is 12. The number of carboxylic acid groups (broad SMARTS) is 1. The number of ether oxygens (including phenoxy) is 1. The molecule has 9 heteroatoms. The summed E-state index contributed by atoms with van der Waals surface area (Å²) >= 11 is 0. The van der Waals surface area contributed by atoms with Crippen molar-refractivity contribution in [3.63, 3.8) is 0 Å². The minimum absolute atomic E-state index is 0.276. The van der Waals surface area contributed by atoms with Gasteiger partial charge in [-0.05, 0) is 85.3 Å². The van der Waals surface area contributed by atoms with Crippen molar-refractivity contribution in [3.05, 3.63) is 102 Å². The third-order valence-electron chi connectivity index (χ3n) is 6.47. The molecule has 0 spiro atoms. The Morgan fingerprint density at radius 3 is 2.70 bits per heavy atom. The number of carboxylic acids is 1. The van der Waals surface area contributed by atoms with Gasteiger partial charge in [0.15, 0.2) is 0 Å². The van der Waals surface area contributed by atoms with Crippen molar-refractivity contribution >= 4 is 28.4 Å². The zero-order chi connectivity index (χ0) is 27.9. The van der Waals surface area contributed by atoms with Gasteiger partial charge in [-0.1, -0.05) is 19.1 Å². The van der Waals surface area contributed by atoms with Gasteiger partial charge in [-0.15, -0.1) is 0 Å². The molecule has 3 aromatic carbocycles. The maximum atomic E-state index is 13.4. The third kappa shape index (κ3) is 6.81. The van der Waals surface area contributed by atoms with Crippen LogP contribution in [0, 0.1) is 11.7 Å². The second-order valence-electron chi connectivity index (χ2n) is 9.49. The van der Waals surface area contributed by atoms with E-state index in [2.05, 4.69) is 20.6 Å². The molecule has 1 atom stereocenters. The monoisotopic (exact) mass is 540 g/mol. The van der Waals surface area contributed by atoms with E-state index in [1.165, 1.54) is 18.5 Å². The minimum Gasteiger partial charge on any atom is -0.489 e. The number of halogens is 1. The van der Waals surface area contributed by atoms with Crippen LogP contribution >= 0.6 is 0 Å². The molecule has 0 aliphatic heterocycles. The highest BCUT2D eigenvalue weighted by molar-refractivity contribution is 5.93. The van der Waals surface area contributed by atoms with E-state index in [-0.39, 0.29) is 18.3 Å². The van der Waals surface area contributed by atoms with Crippen molar-refractivity contribution in [1.29, 1.82) is 0 Å². The summed E-state index contributed by atoms with van der Waals surface area (Å²) < 4.78 is 25.2. The molecular formula is C31H29FN4O4. The molecule has 5 aromatic rings. The van der Waals surface area contributed by atoms with E-state index in [1.807, 2.05) is 60.7 Å². The van der Waals surface area contributed by atoms with Gasteiger partial charge in [0.2, 0.25) is 0 Å². The van der Waals surface area contributed by atoms with E-state index in [0.717, 1.165) is 33.5 Å². The highest BCUT2D eigenvalue weighted by Crippen LogP contribution is 2.30. The average Bonchev–Trinajstić information content (AvgIpc) is 3.44. The Hall–Kier alpha value is -4.76. The minimum atomic E-state index is -0.792. The van der Waals surface area contributed by atoms with E-state index < -0.39 is 5.97 Å². The predicted molar refractivity (Wildman–Crippen MR) is 151 cm³/mol. The molecule has 0 fully saturated rings. The van der Waals surface area contributed by atoms with Crippen molar-refractivity contribution < 1.29 is 23.4 Å². The summed E-state index contributed by atoms with van der Waals surface area (Å²) in [6, 6.07) is 23.5. The molecule has 1 unspecified atom stereocenters. The van der Waals surface area contributed by atoms with Crippen molar-refractivity contribution in [2.75, 3.05) is 11.9 Å². The number of anilines is 2. The average molecular weight is 541 g/mol. The third-order valence-corrected chi connectivity index (χ3v) is 6.47. The van der Waals surface area contributed by atoms with Gasteiger partial charge in [-0.3, -0.25) is 4.79 Å². The predicted octanol–water partition coefficient (Wildman–Crippen LogP) is 6.55. The Morgan fingerprint density at radius 2 is 1.90 bits per heavy atom. The quantitative estimate of drug-likeness (QED) is 0.153. The van der Waals surface area contributed by atoms with Crippen molar-refractivity contribution in [3.8, 4) is 17.1 Å². The molecule has 8 nitrogen and oxygen atoms in total. The van der Waals surface area contributed by atoms with Crippen LogP contribution in [-0.2, 0) is 17.9 Å². The number of hydrogen-bond acceptors (Lipinski definition) is 7. The highest BCUT2D eigenvalue weighted by atomic mass is 19.1. The van der Waals surface area contributed by atoms with Crippen molar-refractivity contribution in [2.24, 2.45) is 5.92 Å². The van der Waals surface area contributed by atoms with Crippen LogP contribution in [0.25, 0.3) is 22.2 Å². The van der Waals surface area contributed by atoms with E-state index >= 15 is 0 Å². The number of benzene rings is 3. The molecule has 0 bridgehead atoms. The number of nitrogens with one attached hydrogen (secondary N) is 2. The zero-order valence-electron chi connectivity index (χ0n) is 21.9. The first-order valence-electron chi connectivity index (χ1n) is 13.0. The van der Waals surface area contributed by atoms with Crippen molar-refractivity contribution in [1.82, 2.24) is 15.3 Å². The standard InChI is InChI=1S/C31H29FN4O4/c1-20(31(37)38)13-14-33-17-26-10-12-29(40-26)22-5-11-28-27(16-22)30(35-19-34-28)36-24-6-8-25(9-7-24)39-18-21-3-2-4-23(32)15-21/h2-12,15-16,19-20,33H,13-14,17-18H2,1H3,(H,37,38)(H,34,35,36). The molecule has 5 rings (SSSR count). The Morgan fingerprint density at radius 1 is 1.05 bits per heavy atom. The van der Waals surface area contributed by atoms with Gasteiger partial charge in [-0.2, -0.15) is 0 Å². The second-order valence-corrected chi connectivity index (χ2v) is 9.49. The summed E-state index contributed by atoms with van der Waals surface area (Å²) in [7, 11) is 0. The van der Waals surface area contributed by atoms with Gasteiger partial charge in [0.25, 0.3) is 0 Å². The van der Waals surface area contributed by atoms with Crippen LogP contribution in [0.1, 0.15) is 24.7 Å². The van der Waals surface area contributed by atoms with Gasteiger partial charge in [0, 0.05) is 16.6 Å². The Labute approximate surface area is 230 Å². The Balaban J connectivity index is 1.24. The first-order valence-corrected chi connectivity index (χ1v) is 13.0. The maximum absolute atomic E-state index is 13.4. The molecule has 0 saturated carbocycles. The zero-order valence-corrected chi connectivity index (χ0v) is 21.9. The lowest BCUT2D eigenvalue weighted by Gasteiger charge is -2.11. The summed E-state index contributed by atoms with van der Waals surface area (Å²) in [5, 5.41) is 16.4. The lowest BCUT2D eigenvalue weighted by Crippen LogP contribution is -2.20. The lowest BCUT2D eigenvalue weighted by atomic mass is 10.1. The smallest absolute Gasteiger partial charge is 0.306 e. The maximum Gasteiger partial charge on any atom is 0.306 e. The fourth-order valence-corrected chi connectivity index (χ4v) is 4.16. The molecule has 2 aromatic heterocycles. The molecule has 3 N–H and O–H groups in total. The molecule has 0 radical (unpaired) electrons. The molecule has 0 amide bonds. The SMILES string of the molecule is CC(CCNCc1ccc(-c2ccc3ncnc(Nc4ccc(OCc5cccc(F)c5)cc4)c3c2)o1)C(=O)O. The van der Waals surface area contributed by atoms with E-state index in [9.17, 15) is 9.18 Å².